The van der Waals surface area contributed by atoms with Crippen molar-refractivity contribution < 1.29 is 4.42 Å². The highest BCUT2D eigenvalue weighted by molar-refractivity contribution is 7.26. The SMILES string of the molecule is c1ccc(-c2cc(-c3ccccc3)cc(-c3nc(-c4ccccc4)cc(-c4ccc(-c5cccc6c5sc5ccccc56)c5c4oc4ccccc45)n3)c2)cc1. The Kier molecular flexibility index (Phi) is 7.68. The predicted octanol–water partition coefficient (Wildman–Crippen LogP) is 14.7. The van der Waals surface area contributed by atoms with Crippen LogP contribution in [0.15, 0.2) is 199 Å². The highest BCUT2D eigenvalue weighted by Crippen LogP contribution is 2.46. The van der Waals surface area contributed by atoms with Crippen molar-refractivity contribution in [1.82, 2.24) is 9.97 Å². The first-order chi connectivity index (χ1) is 27.7. The molecule has 0 radical (unpaired) electrons. The summed E-state index contributed by atoms with van der Waals surface area (Å²) in [6, 6.07) is 68.3. The maximum absolute atomic E-state index is 6.86. The Morgan fingerprint density at radius 3 is 1.68 bits per heavy atom. The van der Waals surface area contributed by atoms with Gasteiger partial charge < -0.3 is 4.42 Å². The fraction of sp³-hybridized carbons (Fsp3) is 0. The molecule has 0 unspecified atom stereocenters. The zero-order valence-electron chi connectivity index (χ0n) is 30.2. The van der Waals surface area contributed by atoms with Gasteiger partial charge in [-0.2, -0.15) is 0 Å². The first kappa shape index (κ1) is 32.3. The summed E-state index contributed by atoms with van der Waals surface area (Å²) in [5.41, 5.74) is 13.0. The lowest BCUT2D eigenvalue weighted by Gasteiger charge is -2.14. The fourth-order valence-corrected chi connectivity index (χ4v) is 9.27. The minimum Gasteiger partial charge on any atom is -0.455 e. The van der Waals surface area contributed by atoms with Gasteiger partial charge in [-0.15, -0.1) is 11.3 Å². The molecule has 3 aromatic heterocycles. The normalized spacial score (nSPS) is 11.6. The van der Waals surface area contributed by atoms with Crippen LogP contribution < -0.4 is 0 Å². The molecule has 0 saturated heterocycles. The standard InChI is InChI=1S/C52H32N2OS/c1-4-15-33(16-5-1)36-29-37(34-17-6-2-7-18-34)31-38(30-36)52-53-45(35-19-8-3-9-20-35)32-46(54-52)43-28-27-40(49-44-22-10-12-25-47(44)55-50(43)49)42-24-14-23-41-39-21-11-13-26-48(39)56-51(41)42/h1-32H. The highest BCUT2D eigenvalue weighted by atomic mass is 32.1. The van der Waals surface area contributed by atoms with E-state index in [2.05, 4.69) is 182 Å². The molecule has 56 heavy (non-hydrogen) atoms. The molecule has 8 aromatic carbocycles. The molecule has 4 heteroatoms. The van der Waals surface area contributed by atoms with Gasteiger partial charge in [-0.05, 0) is 70.3 Å². The topological polar surface area (TPSA) is 38.9 Å². The van der Waals surface area contributed by atoms with Crippen molar-refractivity contribution in [3.05, 3.63) is 194 Å². The van der Waals surface area contributed by atoms with E-state index in [1.54, 1.807) is 0 Å². The number of fused-ring (bicyclic) bond motifs is 6. The average molecular weight is 733 g/mol. The van der Waals surface area contributed by atoms with Crippen molar-refractivity contribution in [2.75, 3.05) is 0 Å². The summed E-state index contributed by atoms with van der Waals surface area (Å²) in [5.74, 6) is 0.652. The molecular formula is C52H32N2OS. The Balaban J connectivity index is 1.17. The van der Waals surface area contributed by atoms with Crippen LogP contribution in [0.3, 0.4) is 0 Å². The third-order valence-electron chi connectivity index (χ3n) is 10.7. The van der Waals surface area contributed by atoms with Gasteiger partial charge in [0.05, 0.1) is 11.4 Å². The Bertz CT molecular complexity index is 3180. The number of furan rings is 1. The lowest BCUT2D eigenvalue weighted by Crippen LogP contribution is -1.97. The Hall–Kier alpha value is -7.14. The number of aromatic nitrogens is 2. The van der Waals surface area contributed by atoms with E-state index in [1.807, 2.05) is 23.5 Å². The minimum atomic E-state index is 0.652. The molecule has 0 fully saturated rings. The number of benzene rings is 8. The van der Waals surface area contributed by atoms with Gasteiger partial charge >= 0.3 is 0 Å². The van der Waals surface area contributed by atoms with Crippen molar-refractivity contribution in [3.63, 3.8) is 0 Å². The van der Waals surface area contributed by atoms with Gasteiger partial charge in [0.2, 0.25) is 0 Å². The van der Waals surface area contributed by atoms with Crippen LogP contribution in [0.1, 0.15) is 0 Å². The van der Waals surface area contributed by atoms with Crippen LogP contribution in [-0.4, -0.2) is 9.97 Å². The van der Waals surface area contributed by atoms with E-state index in [-0.39, 0.29) is 0 Å². The van der Waals surface area contributed by atoms with E-state index in [0.717, 1.165) is 77.8 Å². The number of rotatable bonds is 6. The molecule has 0 aliphatic rings. The third kappa shape index (κ3) is 5.50. The van der Waals surface area contributed by atoms with Crippen LogP contribution in [0.2, 0.25) is 0 Å². The smallest absolute Gasteiger partial charge is 0.160 e. The number of hydrogen-bond acceptors (Lipinski definition) is 4. The van der Waals surface area contributed by atoms with E-state index < -0.39 is 0 Å². The zero-order chi connectivity index (χ0) is 37.0. The van der Waals surface area contributed by atoms with Gasteiger partial charge in [0.25, 0.3) is 0 Å². The van der Waals surface area contributed by atoms with Gasteiger partial charge in [-0.25, -0.2) is 9.97 Å². The first-order valence-corrected chi connectivity index (χ1v) is 19.6. The minimum absolute atomic E-state index is 0.652. The first-order valence-electron chi connectivity index (χ1n) is 18.8. The number of nitrogens with zero attached hydrogens (tertiary/aromatic N) is 2. The molecule has 11 rings (SSSR count). The van der Waals surface area contributed by atoms with Gasteiger partial charge in [-0.1, -0.05) is 152 Å². The number of para-hydroxylation sites is 1. The van der Waals surface area contributed by atoms with E-state index in [9.17, 15) is 0 Å². The van der Waals surface area contributed by atoms with Gasteiger partial charge in [0.15, 0.2) is 5.82 Å². The average Bonchev–Trinajstić information content (AvgIpc) is 3.86. The van der Waals surface area contributed by atoms with E-state index in [1.165, 1.54) is 25.7 Å². The maximum atomic E-state index is 6.86. The molecule has 0 bridgehead atoms. The Morgan fingerprint density at radius 2 is 0.946 bits per heavy atom. The molecule has 0 spiro atoms. The second kappa shape index (κ2) is 13.3. The van der Waals surface area contributed by atoms with Crippen LogP contribution in [0.5, 0.6) is 0 Å². The van der Waals surface area contributed by atoms with Gasteiger partial charge in [0, 0.05) is 53.2 Å². The molecule has 0 amide bonds. The molecule has 0 aliphatic carbocycles. The van der Waals surface area contributed by atoms with E-state index >= 15 is 0 Å². The van der Waals surface area contributed by atoms with Gasteiger partial charge in [0.1, 0.15) is 11.2 Å². The van der Waals surface area contributed by atoms with Crippen LogP contribution in [0.25, 0.3) is 109 Å². The highest BCUT2D eigenvalue weighted by Gasteiger charge is 2.22. The van der Waals surface area contributed by atoms with Crippen LogP contribution >= 0.6 is 11.3 Å². The van der Waals surface area contributed by atoms with Crippen LogP contribution in [0.4, 0.5) is 0 Å². The fourth-order valence-electron chi connectivity index (χ4n) is 8.04. The summed E-state index contributed by atoms with van der Waals surface area (Å²) in [6.45, 7) is 0. The van der Waals surface area contributed by atoms with Crippen molar-refractivity contribution >= 4 is 53.4 Å². The van der Waals surface area contributed by atoms with Crippen molar-refractivity contribution in [2.45, 2.75) is 0 Å². The Labute approximate surface area is 327 Å². The van der Waals surface area contributed by atoms with Crippen LogP contribution in [-0.2, 0) is 0 Å². The molecular weight excluding hydrogens is 701 g/mol. The molecule has 0 atom stereocenters. The molecule has 0 N–H and O–H groups in total. The largest absolute Gasteiger partial charge is 0.455 e. The molecule has 0 aliphatic heterocycles. The summed E-state index contributed by atoms with van der Waals surface area (Å²) in [6.07, 6.45) is 0. The quantitative estimate of drug-likeness (QED) is 0.171. The summed E-state index contributed by atoms with van der Waals surface area (Å²) < 4.78 is 9.42. The third-order valence-corrected chi connectivity index (χ3v) is 11.9. The zero-order valence-corrected chi connectivity index (χ0v) is 31.0. The summed E-state index contributed by atoms with van der Waals surface area (Å²) in [4.78, 5) is 10.7. The van der Waals surface area contributed by atoms with Gasteiger partial charge in [-0.3, -0.25) is 0 Å². The van der Waals surface area contributed by atoms with E-state index in [0.29, 0.717) is 5.82 Å². The molecule has 262 valence electrons. The lowest BCUT2D eigenvalue weighted by atomic mass is 9.94. The van der Waals surface area contributed by atoms with E-state index in [4.69, 9.17) is 14.4 Å². The Morgan fingerprint density at radius 1 is 0.375 bits per heavy atom. The second-order valence-corrected chi connectivity index (χ2v) is 15.2. The van der Waals surface area contributed by atoms with Crippen LogP contribution in [0, 0.1) is 0 Å². The number of hydrogen-bond donors (Lipinski definition) is 0. The molecule has 11 aromatic rings. The lowest BCUT2D eigenvalue weighted by molar-refractivity contribution is 0.670. The monoisotopic (exact) mass is 732 g/mol. The predicted molar refractivity (Wildman–Crippen MR) is 235 cm³/mol. The maximum Gasteiger partial charge on any atom is 0.160 e. The summed E-state index contributed by atoms with van der Waals surface area (Å²) >= 11 is 1.85. The summed E-state index contributed by atoms with van der Waals surface area (Å²) in [5, 5.41) is 4.72. The number of thiophene rings is 1. The molecule has 3 nitrogen and oxygen atoms in total. The van der Waals surface area contributed by atoms with Crippen molar-refractivity contribution in [3.8, 4) is 67.3 Å². The molecule has 3 heterocycles. The summed E-state index contributed by atoms with van der Waals surface area (Å²) in [7, 11) is 0. The van der Waals surface area contributed by atoms with Crippen molar-refractivity contribution in [1.29, 1.82) is 0 Å². The molecule has 0 saturated carbocycles. The second-order valence-electron chi connectivity index (χ2n) is 14.1. The van der Waals surface area contributed by atoms with Crippen molar-refractivity contribution in [2.24, 2.45) is 0 Å².